The lowest BCUT2D eigenvalue weighted by molar-refractivity contribution is -0.723. The number of hydrogen-bond acceptors (Lipinski definition) is 0. The quantitative estimate of drug-likeness (QED) is 0.0985. The third-order valence-electron chi connectivity index (χ3n) is 8.00. The van der Waals surface area contributed by atoms with E-state index in [1.54, 1.807) is 0 Å². The molecule has 0 bridgehead atoms. The first kappa shape index (κ1) is 32.2. The summed E-state index contributed by atoms with van der Waals surface area (Å²) in [6, 6.07) is 0.550. The molecule has 0 fully saturated rings. The van der Waals surface area contributed by atoms with E-state index in [2.05, 4.69) is 49.6 Å². The predicted octanol–water partition coefficient (Wildman–Crippen LogP) is 11.4. The van der Waals surface area contributed by atoms with Crippen LogP contribution in [-0.4, -0.2) is 4.98 Å². The van der Waals surface area contributed by atoms with Gasteiger partial charge in [0.15, 0.2) is 0 Å². The molecular formula is C33H65N2+. The summed E-state index contributed by atoms with van der Waals surface area (Å²) in [5.41, 5.74) is 0. The number of H-pyrrole nitrogens is 1. The van der Waals surface area contributed by atoms with Crippen molar-refractivity contribution in [3.05, 3.63) is 18.2 Å². The van der Waals surface area contributed by atoms with Crippen LogP contribution in [-0.2, 0) is 0 Å². The maximum Gasteiger partial charge on any atom is 0.257 e. The maximum atomic E-state index is 3.63. The van der Waals surface area contributed by atoms with E-state index in [9.17, 15) is 0 Å². The van der Waals surface area contributed by atoms with E-state index >= 15 is 0 Å². The van der Waals surface area contributed by atoms with Crippen molar-refractivity contribution < 1.29 is 4.57 Å². The number of imidazole rings is 1. The molecule has 0 unspecified atom stereocenters. The number of hydrogen-bond donors (Lipinski definition) is 1. The standard InChI is InChI=1S/C33H64N2/c1-5-7-9-11-13-15-16-17-18-20-22-24-26-28-32(33-34-29-30-35(33)31(3)4)27-25-23-21-19-14-12-10-8-6-2/h29-32H,5-28H2,1-4H3/p+1/t32-/m0/s1. The molecule has 0 spiro atoms. The van der Waals surface area contributed by atoms with Crippen LogP contribution in [0.2, 0.25) is 0 Å². The largest absolute Gasteiger partial charge is 0.257 e. The van der Waals surface area contributed by atoms with Crippen LogP contribution >= 0.6 is 0 Å². The van der Waals surface area contributed by atoms with Gasteiger partial charge in [0.25, 0.3) is 5.82 Å². The van der Waals surface area contributed by atoms with Crippen molar-refractivity contribution in [2.45, 2.75) is 194 Å². The van der Waals surface area contributed by atoms with Gasteiger partial charge in [-0.1, -0.05) is 155 Å². The van der Waals surface area contributed by atoms with Crippen LogP contribution in [0.5, 0.6) is 0 Å². The summed E-state index contributed by atoms with van der Waals surface area (Å²) in [5.74, 6) is 2.20. The molecule has 1 heterocycles. The molecule has 0 radical (unpaired) electrons. The first-order chi connectivity index (χ1) is 17.2. The average Bonchev–Trinajstić information content (AvgIpc) is 3.35. The summed E-state index contributed by atoms with van der Waals surface area (Å²) in [5, 5.41) is 0. The van der Waals surface area contributed by atoms with Crippen molar-refractivity contribution in [1.82, 2.24) is 4.98 Å². The molecular weight excluding hydrogens is 424 g/mol. The first-order valence-corrected chi connectivity index (χ1v) is 16.3. The molecule has 1 aromatic heterocycles. The molecule has 1 rings (SSSR count). The fourth-order valence-corrected chi connectivity index (χ4v) is 5.66. The van der Waals surface area contributed by atoms with Crippen LogP contribution in [0.25, 0.3) is 0 Å². The highest BCUT2D eigenvalue weighted by Gasteiger charge is 2.23. The highest BCUT2D eigenvalue weighted by Crippen LogP contribution is 2.27. The molecule has 0 saturated carbocycles. The van der Waals surface area contributed by atoms with E-state index in [4.69, 9.17) is 0 Å². The summed E-state index contributed by atoms with van der Waals surface area (Å²) >= 11 is 0. The zero-order valence-corrected chi connectivity index (χ0v) is 24.7. The number of aromatic amines is 1. The van der Waals surface area contributed by atoms with Gasteiger partial charge in [-0.2, -0.15) is 0 Å². The van der Waals surface area contributed by atoms with Crippen molar-refractivity contribution in [3.8, 4) is 0 Å². The van der Waals surface area contributed by atoms with Crippen molar-refractivity contribution in [2.75, 3.05) is 0 Å². The van der Waals surface area contributed by atoms with Crippen molar-refractivity contribution >= 4 is 0 Å². The lowest BCUT2D eigenvalue weighted by Crippen LogP contribution is -2.39. The van der Waals surface area contributed by atoms with E-state index in [-0.39, 0.29) is 0 Å². The molecule has 1 aromatic rings. The molecule has 2 heteroatoms. The van der Waals surface area contributed by atoms with E-state index in [1.165, 1.54) is 160 Å². The third-order valence-corrected chi connectivity index (χ3v) is 8.00. The zero-order valence-electron chi connectivity index (χ0n) is 24.7. The zero-order chi connectivity index (χ0) is 25.4. The van der Waals surface area contributed by atoms with Crippen LogP contribution < -0.4 is 4.57 Å². The second kappa shape index (κ2) is 23.6. The number of rotatable bonds is 26. The van der Waals surface area contributed by atoms with Crippen molar-refractivity contribution in [2.24, 2.45) is 0 Å². The summed E-state index contributed by atoms with van der Waals surface area (Å²) in [6.45, 7) is 9.25. The normalized spacial score (nSPS) is 12.6. The fourth-order valence-electron chi connectivity index (χ4n) is 5.66. The number of nitrogens with zero attached hydrogens (tertiary/aromatic N) is 1. The molecule has 0 saturated heterocycles. The molecule has 1 atom stereocenters. The second-order valence-corrected chi connectivity index (χ2v) is 11.7. The van der Waals surface area contributed by atoms with E-state index < -0.39 is 0 Å². The lowest BCUT2D eigenvalue weighted by Gasteiger charge is -2.15. The maximum absolute atomic E-state index is 3.63. The Bertz CT molecular complexity index is 547. The molecule has 0 aromatic carbocycles. The number of aromatic nitrogens is 2. The van der Waals surface area contributed by atoms with Crippen molar-refractivity contribution in [3.63, 3.8) is 0 Å². The Labute approximate surface area is 221 Å². The van der Waals surface area contributed by atoms with Crippen LogP contribution in [0.1, 0.15) is 200 Å². The molecule has 0 amide bonds. The van der Waals surface area contributed by atoms with Gasteiger partial charge in [-0.3, -0.25) is 0 Å². The summed E-state index contributed by atoms with van der Waals surface area (Å²) in [6.07, 6.45) is 38.7. The van der Waals surface area contributed by atoms with Gasteiger partial charge in [0.05, 0.1) is 12.0 Å². The Hall–Kier alpha value is -0.790. The van der Waals surface area contributed by atoms with Gasteiger partial charge in [-0.05, 0) is 26.7 Å². The molecule has 0 aliphatic heterocycles. The minimum absolute atomic E-state index is 0.550. The smallest absolute Gasteiger partial charge is 0.247 e. The molecule has 0 aliphatic carbocycles. The van der Waals surface area contributed by atoms with Crippen LogP contribution in [0.3, 0.4) is 0 Å². The third kappa shape index (κ3) is 17.3. The van der Waals surface area contributed by atoms with E-state index in [0.29, 0.717) is 12.0 Å². The minimum atomic E-state index is 0.550. The van der Waals surface area contributed by atoms with Gasteiger partial charge >= 0.3 is 0 Å². The van der Waals surface area contributed by atoms with Gasteiger partial charge in [0.1, 0.15) is 12.4 Å². The number of unbranched alkanes of at least 4 members (excludes halogenated alkanes) is 20. The van der Waals surface area contributed by atoms with Crippen LogP contribution in [0.15, 0.2) is 12.4 Å². The highest BCUT2D eigenvalue weighted by molar-refractivity contribution is 4.90. The highest BCUT2D eigenvalue weighted by atomic mass is 15.1. The van der Waals surface area contributed by atoms with Gasteiger partial charge in [0.2, 0.25) is 0 Å². The Morgan fingerprint density at radius 3 is 1.23 bits per heavy atom. The number of nitrogens with one attached hydrogen (secondary N) is 1. The molecule has 35 heavy (non-hydrogen) atoms. The summed E-state index contributed by atoms with van der Waals surface area (Å²) in [7, 11) is 0. The Kier molecular flexibility index (Phi) is 21.7. The Morgan fingerprint density at radius 1 is 0.543 bits per heavy atom. The van der Waals surface area contributed by atoms with Gasteiger partial charge in [-0.25, -0.2) is 9.55 Å². The minimum Gasteiger partial charge on any atom is -0.247 e. The predicted molar refractivity (Wildman–Crippen MR) is 156 cm³/mol. The summed E-state index contributed by atoms with van der Waals surface area (Å²) < 4.78 is 2.49. The Balaban J connectivity index is 2.19. The van der Waals surface area contributed by atoms with E-state index in [1.807, 2.05) is 0 Å². The molecule has 2 nitrogen and oxygen atoms in total. The van der Waals surface area contributed by atoms with Gasteiger partial charge in [0, 0.05) is 0 Å². The van der Waals surface area contributed by atoms with Crippen LogP contribution in [0.4, 0.5) is 0 Å². The van der Waals surface area contributed by atoms with Gasteiger partial charge in [-0.15, -0.1) is 0 Å². The second-order valence-electron chi connectivity index (χ2n) is 11.7. The average molecular weight is 490 g/mol. The van der Waals surface area contributed by atoms with E-state index in [0.717, 1.165) is 0 Å². The Morgan fingerprint density at radius 2 is 0.886 bits per heavy atom. The van der Waals surface area contributed by atoms with Crippen molar-refractivity contribution in [1.29, 1.82) is 0 Å². The molecule has 1 N–H and O–H groups in total. The monoisotopic (exact) mass is 490 g/mol. The summed E-state index contributed by atoms with van der Waals surface area (Å²) in [4.78, 5) is 3.63. The fraction of sp³-hybridized carbons (Fsp3) is 0.909. The lowest BCUT2D eigenvalue weighted by atomic mass is 9.93. The first-order valence-electron chi connectivity index (χ1n) is 16.3. The van der Waals surface area contributed by atoms with Crippen LogP contribution in [0, 0.1) is 0 Å². The topological polar surface area (TPSA) is 19.7 Å². The molecule has 0 aliphatic rings. The SMILES string of the molecule is CCCCCCCCCCCCCCC[C@H](CCCCCCCCCCC)c1[nH]cc[n+]1C(C)C. The van der Waals surface area contributed by atoms with Gasteiger partial charge < -0.3 is 0 Å². The molecule has 206 valence electrons.